The van der Waals surface area contributed by atoms with E-state index in [2.05, 4.69) is 45.6 Å². The van der Waals surface area contributed by atoms with E-state index in [4.69, 9.17) is 4.74 Å². The normalized spacial score (nSPS) is 16.4. The summed E-state index contributed by atoms with van der Waals surface area (Å²) >= 11 is 0. The van der Waals surface area contributed by atoms with E-state index in [-0.39, 0.29) is 30.9 Å². The van der Waals surface area contributed by atoms with Gasteiger partial charge in [-0.25, -0.2) is 4.79 Å². The number of hydrogen-bond donors (Lipinski definition) is 0. The van der Waals surface area contributed by atoms with Crippen molar-refractivity contribution in [3.63, 3.8) is 0 Å². The Morgan fingerprint density at radius 3 is 2.48 bits per heavy atom. The molecule has 0 N–H and O–H groups in total. The molecule has 0 saturated heterocycles. The van der Waals surface area contributed by atoms with Gasteiger partial charge in [0, 0.05) is 18.0 Å². The molecule has 2 aromatic carbocycles. The Bertz CT molecular complexity index is 1130. The van der Waals surface area contributed by atoms with Crippen LogP contribution in [0.15, 0.2) is 72.5 Å². The smallest absolute Gasteiger partial charge is 0.336 e. The fourth-order valence-corrected chi connectivity index (χ4v) is 4.12. The van der Waals surface area contributed by atoms with Crippen LogP contribution in [-0.4, -0.2) is 23.4 Å². The molecule has 1 unspecified atom stereocenters. The molecule has 5 heteroatoms. The molecule has 0 bridgehead atoms. The third-order valence-electron chi connectivity index (χ3n) is 6.02. The topological polar surface area (TPSA) is 70.4 Å². The molecule has 0 radical (unpaired) electrons. The number of amides is 1. The van der Waals surface area contributed by atoms with E-state index >= 15 is 0 Å². The highest BCUT2D eigenvalue weighted by Gasteiger charge is 2.37. The highest BCUT2D eigenvalue weighted by Crippen LogP contribution is 2.38. The van der Waals surface area contributed by atoms with Crippen molar-refractivity contribution >= 4 is 11.9 Å². The Morgan fingerprint density at radius 1 is 1.21 bits per heavy atom. The quantitative estimate of drug-likeness (QED) is 0.445. The van der Waals surface area contributed by atoms with Gasteiger partial charge in [-0.05, 0) is 35.1 Å². The number of benzene rings is 2. The second-order valence-electron chi connectivity index (χ2n) is 9.26. The number of nitriles is 1. The van der Waals surface area contributed by atoms with Crippen molar-refractivity contribution in [2.24, 2.45) is 0 Å². The van der Waals surface area contributed by atoms with E-state index in [1.165, 1.54) is 11.6 Å². The summed E-state index contributed by atoms with van der Waals surface area (Å²) in [4.78, 5) is 27.9. The van der Waals surface area contributed by atoms with Crippen molar-refractivity contribution in [2.75, 3.05) is 6.61 Å². The van der Waals surface area contributed by atoms with E-state index < -0.39 is 11.9 Å². The molecule has 2 aromatic rings. The number of hydrogen-bond acceptors (Lipinski definition) is 4. The minimum Gasteiger partial charge on any atom is -0.458 e. The van der Waals surface area contributed by atoms with Gasteiger partial charge in [-0.15, -0.1) is 0 Å². The van der Waals surface area contributed by atoms with Gasteiger partial charge in [-0.3, -0.25) is 4.79 Å². The first-order chi connectivity index (χ1) is 15.7. The van der Waals surface area contributed by atoms with Gasteiger partial charge in [-0.2, -0.15) is 5.26 Å². The first-order valence-corrected chi connectivity index (χ1v) is 11.0. The van der Waals surface area contributed by atoms with Crippen LogP contribution >= 0.6 is 0 Å². The van der Waals surface area contributed by atoms with Gasteiger partial charge < -0.3 is 9.64 Å². The highest BCUT2D eigenvalue weighted by atomic mass is 16.5. The van der Waals surface area contributed by atoms with Crippen LogP contribution in [0.3, 0.4) is 0 Å². The standard InChI is InChI=1S/C28H30N2O3/c1-6-15-33-27(32)26-19(2)30(18-22-10-8-7-9-21(22)17-29)25(31)16-24(26)20-11-13-23(14-12-20)28(3,4)5/h6-14,24H,1,15-16,18H2,2-5H3. The second kappa shape index (κ2) is 9.87. The molecular formula is C28H30N2O3. The molecule has 0 spiro atoms. The van der Waals surface area contributed by atoms with Crippen LogP contribution in [0, 0.1) is 11.3 Å². The number of allylic oxidation sites excluding steroid dienone is 1. The van der Waals surface area contributed by atoms with Gasteiger partial charge in [0.2, 0.25) is 5.91 Å². The number of carbonyl (C=O) groups excluding carboxylic acids is 2. The summed E-state index contributed by atoms with van der Waals surface area (Å²) in [5.41, 5.74) is 4.35. The molecule has 1 atom stereocenters. The summed E-state index contributed by atoms with van der Waals surface area (Å²) in [5.74, 6) is -0.944. The molecule has 170 valence electrons. The fourth-order valence-electron chi connectivity index (χ4n) is 4.12. The Balaban J connectivity index is 2.04. The van der Waals surface area contributed by atoms with Gasteiger partial charge in [0.25, 0.3) is 0 Å². The van der Waals surface area contributed by atoms with E-state index in [0.717, 1.165) is 11.1 Å². The van der Waals surface area contributed by atoms with Crippen LogP contribution in [-0.2, 0) is 26.3 Å². The van der Waals surface area contributed by atoms with Crippen molar-refractivity contribution in [1.29, 1.82) is 5.26 Å². The van der Waals surface area contributed by atoms with E-state index in [0.29, 0.717) is 16.8 Å². The average Bonchev–Trinajstić information content (AvgIpc) is 2.79. The predicted octanol–water partition coefficient (Wildman–Crippen LogP) is 5.38. The zero-order chi connectivity index (χ0) is 24.2. The predicted molar refractivity (Wildman–Crippen MR) is 128 cm³/mol. The first-order valence-electron chi connectivity index (χ1n) is 11.0. The average molecular weight is 443 g/mol. The van der Waals surface area contributed by atoms with Gasteiger partial charge in [0.1, 0.15) is 6.61 Å². The summed E-state index contributed by atoms with van der Waals surface area (Å²) in [6, 6.07) is 17.4. The molecule has 5 nitrogen and oxygen atoms in total. The molecule has 0 fully saturated rings. The van der Waals surface area contributed by atoms with Crippen LogP contribution in [0.4, 0.5) is 0 Å². The highest BCUT2D eigenvalue weighted by molar-refractivity contribution is 5.96. The summed E-state index contributed by atoms with van der Waals surface area (Å²) in [6.07, 6.45) is 1.68. The van der Waals surface area contributed by atoms with E-state index in [9.17, 15) is 14.9 Å². The zero-order valence-corrected chi connectivity index (χ0v) is 19.7. The van der Waals surface area contributed by atoms with Crippen molar-refractivity contribution < 1.29 is 14.3 Å². The van der Waals surface area contributed by atoms with Crippen LogP contribution in [0.25, 0.3) is 0 Å². The Hall–Kier alpha value is -3.65. The molecule has 33 heavy (non-hydrogen) atoms. The van der Waals surface area contributed by atoms with Crippen molar-refractivity contribution in [3.8, 4) is 6.07 Å². The van der Waals surface area contributed by atoms with Crippen molar-refractivity contribution in [1.82, 2.24) is 4.90 Å². The lowest BCUT2D eigenvalue weighted by Crippen LogP contribution is -2.38. The maximum atomic E-state index is 13.2. The maximum absolute atomic E-state index is 13.2. The summed E-state index contributed by atoms with van der Waals surface area (Å²) in [5, 5.41) is 9.44. The Morgan fingerprint density at radius 2 is 1.88 bits per heavy atom. The maximum Gasteiger partial charge on any atom is 0.336 e. The van der Waals surface area contributed by atoms with E-state index in [1.54, 1.807) is 24.0 Å². The number of rotatable bonds is 6. The molecule has 0 saturated carbocycles. The Kier molecular flexibility index (Phi) is 7.18. The molecule has 0 aromatic heterocycles. The molecule has 1 aliphatic heterocycles. The lowest BCUT2D eigenvalue weighted by atomic mass is 9.81. The lowest BCUT2D eigenvalue weighted by Gasteiger charge is -2.35. The molecule has 1 aliphatic rings. The largest absolute Gasteiger partial charge is 0.458 e. The van der Waals surface area contributed by atoms with Gasteiger partial charge in [0.15, 0.2) is 0 Å². The second-order valence-corrected chi connectivity index (χ2v) is 9.26. The first kappa shape index (κ1) is 24.0. The number of ether oxygens (including phenoxy) is 1. The monoisotopic (exact) mass is 442 g/mol. The molecule has 1 amide bonds. The van der Waals surface area contributed by atoms with Crippen molar-refractivity contribution in [3.05, 3.63) is 94.7 Å². The summed E-state index contributed by atoms with van der Waals surface area (Å²) in [6.45, 7) is 12.1. The minimum atomic E-state index is -0.455. The third kappa shape index (κ3) is 5.23. The van der Waals surface area contributed by atoms with Crippen molar-refractivity contribution in [2.45, 2.75) is 52.0 Å². The fraction of sp³-hybridized carbons (Fsp3) is 0.321. The molecule has 0 aliphatic carbocycles. The number of carbonyl (C=O) groups is 2. The summed E-state index contributed by atoms with van der Waals surface area (Å²) < 4.78 is 5.40. The zero-order valence-electron chi connectivity index (χ0n) is 19.7. The molecular weight excluding hydrogens is 412 g/mol. The van der Waals surface area contributed by atoms with Crippen LogP contribution < -0.4 is 0 Å². The number of nitrogens with zero attached hydrogens (tertiary/aromatic N) is 2. The Labute approximate surface area is 196 Å². The minimum absolute atomic E-state index is 0.00330. The van der Waals surface area contributed by atoms with Crippen LogP contribution in [0.2, 0.25) is 0 Å². The number of esters is 1. The third-order valence-corrected chi connectivity index (χ3v) is 6.02. The van der Waals surface area contributed by atoms with Crippen LogP contribution in [0.5, 0.6) is 0 Å². The molecule has 3 rings (SSSR count). The van der Waals surface area contributed by atoms with E-state index in [1.807, 2.05) is 24.3 Å². The van der Waals surface area contributed by atoms with Gasteiger partial charge >= 0.3 is 5.97 Å². The summed E-state index contributed by atoms with van der Waals surface area (Å²) in [7, 11) is 0. The molecule has 1 heterocycles. The van der Waals surface area contributed by atoms with Gasteiger partial charge in [0.05, 0.1) is 23.8 Å². The van der Waals surface area contributed by atoms with Crippen LogP contribution in [0.1, 0.15) is 62.3 Å². The lowest BCUT2D eigenvalue weighted by molar-refractivity contribution is -0.139. The van der Waals surface area contributed by atoms with Gasteiger partial charge in [-0.1, -0.05) is 75.9 Å². The SMILES string of the molecule is C=CCOC(=O)C1=C(C)N(Cc2ccccc2C#N)C(=O)CC1c1ccc(C(C)(C)C)cc1.